The normalized spacial score (nSPS) is 13.8. The first kappa shape index (κ1) is 42.0. The van der Waals surface area contributed by atoms with E-state index in [1.54, 1.807) is 0 Å². The van der Waals surface area contributed by atoms with Crippen molar-refractivity contribution < 1.29 is 25.8 Å². The number of ether oxygens (including phenoxy) is 1. The molecule has 1 aliphatic rings. The molecule has 0 fully saturated rings. The van der Waals surface area contributed by atoms with Gasteiger partial charge in [-0.3, -0.25) is 0 Å². The molecule has 7 aromatic rings. The van der Waals surface area contributed by atoms with Crippen molar-refractivity contribution in [1.82, 2.24) is 9.55 Å². The maximum Gasteiger partial charge on any atom is 0.135 e. The molecular formula is C53H55N4OPt-3. The molecule has 5 nitrogen and oxygen atoms in total. The topological polar surface area (TPSA) is 33.5 Å². The van der Waals surface area contributed by atoms with Crippen molar-refractivity contribution >= 4 is 33.2 Å². The Morgan fingerprint density at radius 1 is 0.576 bits per heavy atom. The van der Waals surface area contributed by atoms with E-state index in [1.165, 1.54) is 28.0 Å². The molecule has 0 saturated heterocycles. The summed E-state index contributed by atoms with van der Waals surface area (Å²) >= 11 is 0. The zero-order valence-electron chi connectivity index (χ0n) is 36.2. The zero-order valence-corrected chi connectivity index (χ0v) is 38.5. The van der Waals surface area contributed by atoms with Gasteiger partial charge < -0.3 is 19.1 Å². The summed E-state index contributed by atoms with van der Waals surface area (Å²) in [6.07, 6.45) is 4.15. The molecule has 59 heavy (non-hydrogen) atoms. The molecule has 0 N–H and O–H groups in total. The van der Waals surface area contributed by atoms with Crippen LogP contribution in [0.5, 0.6) is 11.5 Å². The Hall–Kier alpha value is -5.12. The van der Waals surface area contributed by atoms with Gasteiger partial charge in [0.1, 0.15) is 5.82 Å². The fraction of sp³-hybridized carbons (Fsp3) is 0.283. The van der Waals surface area contributed by atoms with Crippen LogP contribution in [-0.4, -0.2) is 9.55 Å². The number of pyridine rings is 1. The number of benzene rings is 5. The van der Waals surface area contributed by atoms with Gasteiger partial charge in [0.25, 0.3) is 0 Å². The molecule has 306 valence electrons. The average molecular weight is 959 g/mol. The third kappa shape index (κ3) is 8.24. The summed E-state index contributed by atoms with van der Waals surface area (Å²) in [6, 6.07) is 48.0. The number of anilines is 2. The number of para-hydroxylation sites is 1. The van der Waals surface area contributed by atoms with Gasteiger partial charge in [-0.2, -0.15) is 12.1 Å². The zero-order chi connectivity index (χ0) is 41.2. The first-order valence-electron chi connectivity index (χ1n) is 20.4. The van der Waals surface area contributed by atoms with Crippen molar-refractivity contribution in [2.24, 2.45) is 0 Å². The van der Waals surface area contributed by atoms with Gasteiger partial charge in [-0.05, 0) is 80.4 Å². The minimum absolute atomic E-state index is 0. The predicted molar refractivity (Wildman–Crippen MR) is 242 cm³/mol. The number of aromatic nitrogens is 2. The minimum atomic E-state index is -0.315. The largest absolute Gasteiger partial charge is 0.509 e. The second-order valence-corrected chi connectivity index (χ2v) is 19.3. The third-order valence-electron chi connectivity index (χ3n) is 11.5. The van der Waals surface area contributed by atoms with Crippen molar-refractivity contribution in [2.75, 3.05) is 9.80 Å². The van der Waals surface area contributed by atoms with Crippen molar-refractivity contribution in [2.45, 2.75) is 97.8 Å². The number of allylic oxidation sites excluding steroid dienone is 1. The van der Waals surface area contributed by atoms with Crippen LogP contribution in [0.15, 0.2) is 133 Å². The van der Waals surface area contributed by atoms with Gasteiger partial charge >= 0.3 is 0 Å². The van der Waals surface area contributed by atoms with Crippen LogP contribution in [0.1, 0.15) is 98.4 Å². The molecule has 3 heterocycles. The van der Waals surface area contributed by atoms with Crippen LogP contribution < -0.4 is 14.5 Å². The van der Waals surface area contributed by atoms with Crippen LogP contribution in [0.2, 0.25) is 0 Å². The van der Waals surface area contributed by atoms with Crippen molar-refractivity contribution in [3.05, 3.63) is 174 Å². The van der Waals surface area contributed by atoms with Gasteiger partial charge in [-0.25, -0.2) is 4.98 Å². The van der Waals surface area contributed by atoms with E-state index in [0.717, 1.165) is 39.0 Å². The van der Waals surface area contributed by atoms with Crippen molar-refractivity contribution in [1.29, 1.82) is 0 Å². The van der Waals surface area contributed by atoms with Gasteiger partial charge in [-0.15, -0.1) is 48.1 Å². The molecule has 0 saturated carbocycles. The Kier molecular flexibility index (Phi) is 11.0. The molecule has 0 unspecified atom stereocenters. The molecule has 0 amide bonds. The van der Waals surface area contributed by atoms with Crippen LogP contribution in [-0.2, 0) is 42.7 Å². The van der Waals surface area contributed by atoms with Crippen molar-refractivity contribution in [3.63, 3.8) is 0 Å². The van der Waals surface area contributed by atoms with Crippen LogP contribution in [0, 0.1) is 18.8 Å². The van der Waals surface area contributed by atoms with Crippen LogP contribution in [0.4, 0.5) is 11.4 Å². The maximum absolute atomic E-state index is 6.61. The summed E-state index contributed by atoms with van der Waals surface area (Å²) in [6.45, 7) is 27.2. The van der Waals surface area contributed by atoms with E-state index in [-0.39, 0.29) is 42.7 Å². The number of hydrogen-bond acceptors (Lipinski definition) is 4. The number of hydrogen-bond donors (Lipinski definition) is 0. The molecule has 0 bridgehead atoms. The molecule has 0 aliphatic carbocycles. The van der Waals surface area contributed by atoms with E-state index in [2.05, 4.69) is 213 Å². The van der Waals surface area contributed by atoms with Gasteiger partial charge in [-0.1, -0.05) is 136 Å². The van der Waals surface area contributed by atoms with Gasteiger partial charge in [0.05, 0.1) is 0 Å². The Morgan fingerprint density at radius 3 is 1.90 bits per heavy atom. The molecule has 6 heteroatoms. The quantitative estimate of drug-likeness (QED) is 0.149. The van der Waals surface area contributed by atoms with Crippen LogP contribution >= 0.6 is 0 Å². The Morgan fingerprint density at radius 2 is 1.22 bits per heavy atom. The molecule has 0 radical (unpaired) electrons. The summed E-state index contributed by atoms with van der Waals surface area (Å²) in [5, 5.41) is 2.24. The molecule has 2 aromatic heterocycles. The first-order valence-corrected chi connectivity index (χ1v) is 20.4. The first-order chi connectivity index (χ1) is 27.4. The number of fused-ring (bicyclic) bond motifs is 3. The van der Waals surface area contributed by atoms with E-state index >= 15 is 0 Å². The van der Waals surface area contributed by atoms with Crippen molar-refractivity contribution in [3.8, 4) is 17.3 Å². The van der Waals surface area contributed by atoms with E-state index in [9.17, 15) is 0 Å². The molecule has 0 atom stereocenters. The summed E-state index contributed by atoms with van der Waals surface area (Å²) in [5.41, 5.74) is 9.90. The maximum atomic E-state index is 6.61. The Labute approximate surface area is 366 Å². The van der Waals surface area contributed by atoms with E-state index in [4.69, 9.17) is 9.72 Å². The van der Waals surface area contributed by atoms with Gasteiger partial charge in [0.15, 0.2) is 0 Å². The van der Waals surface area contributed by atoms with E-state index in [1.807, 2.05) is 24.4 Å². The summed E-state index contributed by atoms with van der Waals surface area (Å²) in [5.74, 6) is 2.08. The fourth-order valence-corrected chi connectivity index (χ4v) is 7.78. The standard InChI is InChI=1S/C53H55N4O.Pt/c1-50(2,3)37-26-27-54-49(31-37)57-46-23-16-15-22-44(46)45-25-24-43(33-47(45)57)58-42-21-17-20-40(32-42)55-34-48(53(10,11)36-18-13-12-14-19-36)56(35-55)41-29-38(51(4,5)6)28-39(30-41)52(7,8)9;/h12-31,34-35H,1-11H3;/q-3;. The summed E-state index contributed by atoms with van der Waals surface area (Å²) in [7, 11) is 0. The molecule has 5 aromatic carbocycles. The van der Waals surface area contributed by atoms with E-state index < -0.39 is 0 Å². The van der Waals surface area contributed by atoms with Gasteiger partial charge in [0.2, 0.25) is 0 Å². The minimum Gasteiger partial charge on any atom is -0.509 e. The van der Waals surface area contributed by atoms with Gasteiger partial charge in [0, 0.05) is 61.1 Å². The Balaban J connectivity index is 0.00000528. The van der Waals surface area contributed by atoms with Crippen LogP contribution in [0.3, 0.4) is 0 Å². The Bertz CT molecular complexity index is 2640. The fourth-order valence-electron chi connectivity index (χ4n) is 7.78. The van der Waals surface area contributed by atoms with Crippen LogP contribution in [0.25, 0.3) is 27.6 Å². The molecule has 0 spiro atoms. The smallest absolute Gasteiger partial charge is 0.135 e. The second kappa shape index (κ2) is 15.5. The predicted octanol–water partition coefficient (Wildman–Crippen LogP) is 13.7. The molecule has 1 aliphatic heterocycles. The second-order valence-electron chi connectivity index (χ2n) is 19.3. The number of rotatable bonds is 7. The SMILES string of the molecule is CC(C)(C)c1cc(N2[CH-]N(c3[c-]c(Oc4[c-]c5c(cc4)c4ccccc4n5-c4cc(C(C)(C)C)ccn4)ccc3)C=C2C(C)(C)c2ccccc2)cc(C(C)(C)C)c1.[Pt]. The monoisotopic (exact) mass is 958 g/mol. The average Bonchev–Trinajstić information content (AvgIpc) is 3.78. The van der Waals surface area contributed by atoms with E-state index in [0.29, 0.717) is 11.5 Å². The molecule has 8 rings (SSSR count). The summed E-state index contributed by atoms with van der Waals surface area (Å²) < 4.78 is 8.81. The molecular weight excluding hydrogens is 904 g/mol. The summed E-state index contributed by atoms with van der Waals surface area (Å²) in [4.78, 5) is 9.38. The third-order valence-corrected chi connectivity index (χ3v) is 11.5. The number of nitrogens with zero attached hydrogens (tertiary/aromatic N) is 4.